The molecule has 1 nitrogen and oxygen atoms in total. The smallest absolute Gasteiger partial charge is 0.126 e. The molecule has 1 heterocycles. The van der Waals surface area contributed by atoms with Crippen molar-refractivity contribution in [2.75, 3.05) is 5.73 Å². The molecule has 0 spiro atoms. The lowest BCUT2D eigenvalue weighted by atomic mass is 10.3. The van der Waals surface area contributed by atoms with Crippen molar-refractivity contribution in [1.82, 2.24) is 0 Å². The SMILES string of the molecule is Nc1cc(F)cc(Sc2cccs2)c1. The van der Waals surface area contributed by atoms with Crippen LogP contribution >= 0.6 is 23.1 Å². The highest BCUT2D eigenvalue weighted by molar-refractivity contribution is 8.01. The normalized spacial score (nSPS) is 10.4. The van der Waals surface area contributed by atoms with Gasteiger partial charge in [-0.05, 0) is 29.6 Å². The summed E-state index contributed by atoms with van der Waals surface area (Å²) in [4.78, 5) is 0.838. The predicted molar refractivity (Wildman–Crippen MR) is 59.3 cm³/mol. The van der Waals surface area contributed by atoms with Gasteiger partial charge in [0.2, 0.25) is 0 Å². The number of thiophene rings is 1. The number of benzene rings is 1. The summed E-state index contributed by atoms with van der Waals surface area (Å²) in [6, 6.07) is 8.54. The van der Waals surface area contributed by atoms with E-state index in [1.54, 1.807) is 17.4 Å². The highest BCUT2D eigenvalue weighted by Gasteiger charge is 2.01. The Kier molecular flexibility index (Phi) is 2.74. The highest BCUT2D eigenvalue weighted by atomic mass is 32.2. The predicted octanol–water partition coefficient (Wildman–Crippen LogP) is 3.62. The Labute approximate surface area is 89.8 Å². The van der Waals surface area contributed by atoms with Gasteiger partial charge in [0, 0.05) is 10.6 Å². The van der Waals surface area contributed by atoms with Crippen molar-refractivity contribution >= 4 is 28.8 Å². The van der Waals surface area contributed by atoms with Crippen molar-refractivity contribution in [1.29, 1.82) is 0 Å². The molecule has 0 aliphatic heterocycles. The van der Waals surface area contributed by atoms with Crippen molar-refractivity contribution in [3.05, 3.63) is 41.5 Å². The van der Waals surface area contributed by atoms with E-state index in [0.717, 1.165) is 9.10 Å². The standard InChI is InChI=1S/C10H8FNS2/c11-7-4-8(12)6-9(5-7)14-10-2-1-3-13-10/h1-6H,12H2. The minimum Gasteiger partial charge on any atom is -0.399 e. The summed E-state index contributed by atoms with van der Waals surface area (Å²) in [7, 11) is 0. The fourth-order valence-electron chi connectivity index (χ4n) is 1.08. The zero-order valence-corrected chi connectivity index (χ0v) is 8.87. The number of hydrogen-bond donors (Lipinski definition) is 1. The van der Waals surface area contributed by atoms with Crippen molar-refractivity contribution in [3.63, 3.8) is 0 Å². The summed E-state index contributed by atoms with van der Waals surface area (Å²) in [5, 5.41) is 1.99. The third-order valence-electron chi connectivity index (χ3n) is 1.61. The van der Waals surface area contributed by atoms with E-state index in [1.165, 1.54) is 23.9 Å². The van der Waals surface area contributed by atoms with Crippen LogP contribution in [0.2, 0.25) is 0 Å². The van der Waals surface area contributed by atoms with Crippen LogP contribution in [0, 0.1) is 5.82 Å². The van der Waals surface area contributed by atoms with Crippen LogP contribution in [-0.2, 0) is 0 Å². The molecule has 0 bridgehead atoms. The molecule has 0 amide bonds. The highest BCUT2D eigenvalue weighted by Crippen LogP contribution is 2.32. The van der Waals surface area contributed by atoms with Gasteiger partial charge in [0.25, 0.3) is 0 Å². The van der Waals surface area contributed by atoms with Gasteiger partial charge in [0.1, 0.15) is 5.82 Å². The van der Waals surface area contributed by atoms with Crippen LogP contribution in [0.15, 0.2) is 44.8 Å². The molecule has 2 N–H and O–H groups in total. The fourth-order valence-corrected chi connectivity index (χ4v) is 2.92. The van der Waals surface area contributed by atoms with E-state index >= 15 is 0 Å². The Bertz CT molecular complexity index is 405. The monoisotopic (exact) mass is 225 g/mol. The molecule has 0 radical (unpaired) electrons. The molecule has 4 heteroatoms. The number of rotatable bonds is 2. The van der Waals surface area contributed by atoms with Gasteiger partial charge in [-0.3, -0.25) is 0 Å². The molecule has 2 aromatic rings. The van der Waals surface area contributed by atoms with Crippen molar-refractivity contribution in [2.24, 2.45) is 0 Å². The summed E-state index contributed by atoms with van der Waals surface area (Å²) < 4.78 is 14.1. The molecular formula is C10H8FNS2. The molecule has 2 rings (SSSR count). The molecule has 0 unspecified atom stereocenters. The second-order valence-corrected chi connectivity index (χ2v) is 5.08. The van der Waals surface area contributed by atoms with Gasteiger partial charge < -0.3 is 5.73 Å². The third kappa shape index (κ3) is 2.27. The van der Waals surface area contributed by atoms with Crippen LogP contribution in [0.3, 0.4) is 0 Å². The Morgan fingerprint density at radius 1 is 1.29 bits per heavy atom. The van der Waals surface area contributed by atoms with Crippen LogP contribution in [-0.4, -0.2) is 0 Å². The summed E-state index contributed by atoms with van der Waals surface area (Å²) in [5.74, 6) is -0.288. The number of nitrogens with two attached hydrogens (primary N) is 1. The number of halogens is 1. The minimum absolute atomic E-state index is 0.288. The zero-order chi connectivity index (χ0) is 9.97. The van der Waals surface area contributed by atoms with Crippen molar-refractivity contribution < 1.29 is 4.39 Å². The van der Waals surface area contributed by atoms with Crippen LogP contribution in [0.25, 0.3) is 0 Å². The zero-order valence-electron chi connectivity index (χ0n) is 7.24. The summed E-state index contributed by atoms with van der Waals surface area (Å²) >= 11 is 3.15. The van der Waals surface area contributed by atoms with E-state index in [1.807, 2.05) is 17.5 Å². The van der Waals surface area contributed by atoms with Crippen LogP contribution in [0.5, 0.6) is 0 Å². The number of anilines is 1. The molecule has 0 fully saturated rings. The molecule has 1 aromatic heterocycles. The second kappa shape index (κ2) is 4.02. The Balaban J connectivity index is 2.25. The minimum atomic E-state index is -0.288. The van der Waals surface area contributed by atoms with Gasteiger partial charge in [0.15, 0.2) is 0 Å². The lowest BCUT2D eigenvalue weighted by Gasteiger charge is -2.00. The quantitative estimate of drug-likeness (QED) is 0.790. The van der Waals surface area contributed by atoms with Gasteiger partial charge in [0.05, 0.1) is 4.21 Å². The maximum absolute atomic E-state index is 13.0. The van der Waals surface area contributed by atoms with Gasteiger partial charge in [-0.2, -0.15) is 0 Å². The molecule has 0 aliphatic carbocycles. The van der Waals surface area contributed by atoms with Crippen LogP contribution < -0.4 is 5.73 Å². The van der Waals surface area contributed by atoms with E-state index in [9.17, 15) is 4.39 Å². The lowest BCUT2D eigenvalue weighted by molar-refractivity contribution is 0.625. The largest absolute Gasteiger partial charge is 0.399 e. The molecule has 0 saturated carbocycles. The second-order valence-electron chi connectivity index (χ2n) is 2.75. The van der Waals surface area contributed by atoms with E-state index in [4.69, 9.17) is 5.73 Å². The first-order chi connectivity index (χ1) is 6.74. The van der Waals surface area contributed by atoms with E-state index in [0.29, 0.717) is 5.69 Å². The average Bonchev–Trinajstić information content (AvgIpc) is 2.54. The van der Waals surface area contributed by atoms with Gasteiger partial charge >= 0.3 is 0 Å². The summed E-state index contributed by atoms with van der Waals surface area (Å²) in [6.45, 7) is 0. The summed E-state index contributed by atoms with van der Waals surface area (Å²) in [6.07, 6.45) is 0. The van der Waals surface area contributed by atoms with Gasteiger partial charge in [-0.15, -0.1) is 11.3 Å². The Morgan fingerprint density at radius 3 is 2.79 bits per heavy atom. The maximum Gasteiger partial charge on any atom is 0.126 e. The number of nitrogen functional groups attached to an aromatic ring is 1. The molecule has 1 aromatic carbocycles. The van der Waals surface area contributed by atoms with Gasteiger partial charge in [-0.25, -0.2) is 4.39 Å². The first-order valence-corrected chi connectivity index (χ1v) is 5.71. The average molecular weight is 225 g/mol. The summed E-state index contributed by atoms with van der Waals surface area (Å²) in [5.41, 5.74) is 6.00. The van der Waals surface area contributed by atoms with E-state index < -0.39 is 0 Å². The van der Waals surface area contributed by atoms with Gasteiger partial charge in [-0.1, -0.05) is 17.8 Å². The molecule has 72 valence electrons. The lowest BCUT2D eigenvalue weighted by Crippen LogP contribution is -1.86. The van der Waals surface area contributed by atoms with Crippen molar-refractivity contribution in [2.45, 2.75) is 9.10 Å². The molecule has 0 atom stereocenters. The Hall–Kier alpha value is -1.00. The van der Waals surface area contributed by atoms with E-state index in [-0.39, 0.29) is 5.82 Å². The molecule has 14 heavy (non-hydrogen) atoms. The molecular weight excluding hydrogens is 217 g/mol. The third-order valence-corrected chi connectivity index (χ3v) is 3.62. The topological polar surface area (TPSA) is 26.0 Å². The first kappa shape index (κ1) is 9.55. The van der Waals surface area contributed by atoms with Crippen LogP contribution in [0.1, 0.15) is 0 Å². The molecule has 0 saturated heterocycles. The Morgan fingerprint density at radius 2 is 2.14 bits per heavy atom. The fraction of sp³-hybridized carbons (Fsp3) is 0. The number of hydrogen-bond acceptors (Lipinski definition) is 3. The first-order valence-electron chi connectivity index (χ1n) is 4.01. The van der Waals surface area contributed by atoms with Crippen LogP contribution in [0.4, 0.5) is 10.1 Å². The van der Waals surface area contributed by atoms with Crippen molar-refractivity contribution in [3.8, 4) is 0 Å². The maximum atomic E-state index is 13.0. The molecule has 0 aliphatic rings. The van der Waals surface area contributed by atoms with E-state index in [2.05, 4.69) is 0 Å².